The SMILES string of the molecule is CNNc1nc2nc(Cl)c(Cl)nc2c(=O)[nH]1. The lowest BCUT2D eigenvalue weighted by molar-refractivity contribution is 0.935. The van der Waals surface area contributed by atoms with E-state index in [4.69, 9.17) is 23.2 Å². The Labute approximate surface area is 99.2 Å². The Balaban J connectivity index is 2.72. The Kier molecular flexibility index (Phi) is 2.90. The molecular formula is C7H6Cl2N6O. The second-order valence-electron chi connectivity index (χ2n) is 2.77. The summed E-state index contributed by atoms with van der Waals surface area (Å²) in [5, 5.41) is -0.0292. The van der Waals surface area contributed by atoms with Gasteiger partial charge >= 0.3 is 0 Å². The highest BCUT2D eigenvalue weighted by molar-refractivity contribution is 6.40. The molecule has 0 aliphatic carbocycles. The number of aromatic nitrogens is 4. The van der Waals surface area contributed by atoms with Crippen LogP contribution in [-0.4, -0.2) is 27.0 Å². The zero-order valence-corrected chi connectivity index (χ0v) is 9.52. The lowest BCUT2D eigenvalue weighted by atomic mass is 10.5. The molecule has 3 N–H and O–H groups in total. The maximum Gasteiger partial charge on any atom is 0.280 e. The third-order valence-electron chi connectivity index (χ3n) is 1.70. The lowest BCUT2D eigenvalue weighted by Gasteiger charge is -2.03. The maximum atomic E-state index is 11.6. The smallest absolute Gasteiger partial charge is 0.280 e. The number of nitrogens with zero attached hydrogens (tertiary/aromatic N) is 3. The molecule has 2 rings (SSSR count). The number of aromatic amines is 1. The van der Waals surface area contributed by atoms with E-state index in [0.717, 1.165) is 0 Å². The fourth-order valence-corrected chi connectivity index (χ4v) is 1.34. The summed E-state index contributed by atoms with van der Waals surface area (Å²) in [5.74, 6) is 0.215. The molecule has 0 saturated heterocycles. The average molecular weight is 261 g/mol. The second-order valence-corrected chi connectivity index (χ2v) is 3.48. The Bertz CT molecular complexity index is 597. The van der Waals surface area contributed by atoms with Gasteiger partial charge in [-0.1, -0.05) is 23.2 Å². The fraction of sp³-hybridized carbons (Fsp3) is 0.143. The second kappa shape index (κ2) is 4.20. The fourth-order valence-electron chi connectivity index (χ4n) is 1.09. The van der Waals surface area contributed by atoms with Crippen LogP contribution in [0.3, 0.4) is 0 Å². The molecule has 0 amide bonds. The quantitative estimate of drug-likeness (QED) is 0.684. The standard InChI is InChI=1S/C7H6Cl2N6O/c1-10-15-7-13-5-2(6(16)14-7)11-3(8)4(9)12-5/h10H,1H3,(H2,12,13,14,15,16). The van der Waals surface area contributed by atoms with Gasteiger partial charge in [-0.3, -0.25) is 15.2 Å². The molecule has 2 aromatic rings. The minimum Gasteiger partial charge on any atom is -0.291 e. The predicted molar refractivity (Wildman–Crippen MR) is 60.7 cm³/mol. The average Bonchev–Trinajstić information content (AvgIpc) is 2.22. The third kappa shape index (κ3) is 1.92. The molecule has 9 heteroatoms. The highest BCUT2D eigenvalue weighted by Gasteiger charge is 2.10. The molecular weight excluding hydrogens is 255 g/mol. The van der Waals surface area contributed by atoms with Crippen molar-refractivity contribution in [2.45, 2.75) is 0 Å². The van der Waals surface area contributed by atoms with Crippen LogP contribution >= 0.6 is 23.2 Å². The molecule has 0 aromatic carbocycles. The van der Waals surface area contributed by atoms with Crippen LogP contribution < -0.4 is 16.4 Å². The molecule has 0 aliphatic heterocycles. The number of anilines is 1. The van der Waals surface area contributed by atoms with Crippen molar-refractivity contribution < 1.29 is 0 Å². The molecule has 0 unspecified atom stereocenters. The summed E-state index contributed by atoms with van der Waals surface area (Å²) in [5.41, 5.74) is 4.94. The summed E-state index contributed by atoms with van der Waals surface area (Å²) in [6.45, 7) is 0. The van der Waals surface area contributed by atoms with Crippen LogP contribution in [0.15, 0.2) is 4.79 Å². The van der Waals surface area contributed by atoms with E-state index in [1.807, 2.05) is 0 Å². The Hall–Kier alpha value is -1.44. The molecule has 0 atom stereocenters. The number of hydrazine groups is 1. The van der Waals surface area contributed by atoms with Crippen LogP contribution in [0.5, 0.6) is 0 Å². The van der Waals surface area contributed by atoms with E-state index < -0.39 is 5.56 Å². The number of fused-ring (bicyclic) bond motifs is 1. The topological polar surface area (TPSA) is 95.6 Å². The molecule has 2 aromatic heterocycles. The van der Waals surface area contributed by atoms with Gasteiger partial charge in [0.2, 0.25) is 5.95 Å². The van der Waals surface area contributed by atoms with E-state index in [0.29, 0.717) is 0 Å². The number of H-pyrrole nitrogens is 1. The summed E-state index contributed by atoms with van der Waals surface area (Å²) in [4.78, 5) is 25.6. The van der Waals surface area contributed by atoms with Crippen LogP contribution in [-0.2, 0) is 0 Å². The molecule has 0 saturated carbocycles. The Morgan fingerprint density at radius 1 is 1.19 bits per heavy atom. The van der Waals surface area contributed by atoms with Gasteiger partial charge in [-0.25, -0.2) is 15.4 Å². The van der Waals surface area contributed by atoms with Crippen LogP contribution in [0.4, 0.5) is 5.95 Å². The van der Waals surface area contributed by atoms with Crippen molar-refractivity contribution in [3.8, 4) is 0 Å². The highest BCUT2D eigenvalue weighted by atomic mass is 35.5. The van der Waals surface area contributed by atoms with E-state index in [1.54, 1.807) is 7.05 Å². The highest BCUT2D eigenvalue weighted by Crippen LogP contribution is 2.18. The summed E-state index contributed by atoms with van der Waals surface area (Å²) >= 11 is 11.3. The number of hydrogen-bond acceptors (Lipinski definition) is 6. The third-order valence-corrected chi connectivity index (χ3v) is 2.33. The van der Waals surface area contributed by atoms with Crippen molar-refractivity contribution in [1.29, 1.82) is 0 Å². The molecule has 0 spiro atoms. The zero-order valence-electron chi connectivity index (χ0n) is 8.01. The van der Waals surface area contributed by atoms with E-state index in [9.17, 15) is 4.79 Å². The number of halogens is 2. The summed E-state index contributed by atoms with van der Waals surface area (Å²) < 4.78 is 0. The first kappa shape index (κ1) is 11.1. The van der Waals surface area contributed by atoms with E-state index in [2.05, 4.69) is 30.8 Å². The van der Waals surface area contributed by atoms with Crippen molar-refractivity contribution in [3.63, 3.8) is 0 Å². The first-order valence-electron chi connectivity index (χ1n) is 4.17. The van der Waals surface area contributed by atoms with Crippen LogP contribution in [0.25, 0.3) is 11.2 Å². The van der Waals surface area contributed by atoms with E-state index in [-0.39, 0.29) is 27.4 Å². The minimum absolute atomic E-state index is 0.00248. The van der Waals surface area contributed by atoms with Crippen LogP contribution in [0.1, 0.15) is 0 Å². The Morgan fingerprint density at radius 3 is 2.56 bits per heavy atom. The molecule has 16 heavy (non-hydrogen) atoms. The van der Waals surface area contributed by atoms with Gasteiger partial charge in [-0.05, 0) is 0 Å². The molecule has 0 fully saturated rings. The van der Waals surface area contributed by atoms with Crippen molar-refractivity contribution in [1.82, 2.24) is 25.4 Å². The molecule has 2 heterocycles. The molecule has 0 aliphatic rings. The zero-order chi connectivity index (χ0) is 11.7. The van der Waals surface area contributed by atoms with E-state index >= 15 is 0 Å². The maximum absolute atomic E-state index is 11.6. The molecule has 7 nitrogen and oxygen atoms in total. The number of hydrogen-bond donors (Lipinski definition) is 3. The van der Waals surface area contributed by atoms with Gasteiger partial charge in [0, 0.05) is 7.05 Å². The molecule has 84 valence electrons. The molecule has 0 bridgehead atoms. The lowest BCUT2D eigenvalue weighted by Crippen LogP contribution is -2.21. The normalized spacial score (nSPS) is 10.7. The largest absolute Gasteiger partial charge is 0.291 e. The van der Waals surface area contributed by atoms with Gasteiger partial charge in [0.15, 0.2) is 21.5 Å². The Morgan fingerprint density at radius 2 is 1.88 bits per heavy atom. The molecule has 0 radical (unpaired) electrons. The summed E-state index contributed by atoms with van der Waals surface area (Å²) in [6.07, 6.45) is 0. The summed E-state index contributed by atoms with van der Waals surface area (Å²) in [6, 6.07) is 0. The monoisotopic (exact) mass is 260 g/mol. The summed E-state index contributed by atoms with van der Waals surface area (Å²) in [7, 11) is 1.63. The van der Waals surface area contributed by atoms with Crippen LogP contribution in [0, 0.1) is 0 Å². The van der Waals surface area contributed by atoms with Gasteiger partial charge in [-0.15, -0.1) is 0 Å². The van der Waals surface area contributed by atoms with Crippen molar-refractivity contribution in [2.75, 3.05) is 12.5 Å². The van der Waals surface area contributed by atoms with Crippen molar-refractivity contribution in [2.24, 2.45) is 0 Å². The number of nitrogens with one attached hydrogen (secondary N) is 3. The van der Waals surface area contributed by atoms with Crippen molar-refractivity contribution >= 4 is 40.3 Å². The van der Waals surface area contributed by atoms with Crippen molar-refractivity contribution in [3.05, 3.63) is 20.7 Å². The van der Waals surface area contributed by atoms with E-state index in [1.165, 1.54) is 0 Å². The van der Waals surface area contributed by atoms with Gasteiger partial charge in [-0.2, -0.15) is 4.98 Å². The first-order valence-corrected chi connectivity index (χ1v) is 4.93. The van der Waals surface area contributed by atoms with Gasteiger partial charge < -0.3 is 0 Å². The van der Waals surface area contributed by atoms with Gasteiger partial charge in [0.25, 0.3) is 5.56 Å². The predicted octanol–water partition coefficient (Wildman–Crippen LogP) is 0.566. The first-order chi connectivity index (χ1) is 7.61. The number of rotatable bonds is 2. The van der Waals surface area contributed by atoms with Gasteiger partial charge in [0.1, 0.15) is 0 Å². The van der Waals surface area contributed by atoms with Crippen LogP contribution in [0.2, 0.25) is 10.3 Å². The van der Waals surface area contributed by atoms with Gasteiger partial charge in [0.05, 0.1) is 0 Å². The minimum atomic E-state index is -0.450.